The smallest absolute Gasteiger partial charge is 0.252 e. The van der Waals surface area contributed by atoms with Crippen LogP contribution in [0.2, 0.25) is 0 Å². The number of aryl methyl sites for hydroxylation is 1. The van der Waals surface area contributed by atoms with E-state index in [-0.39, 0.29) is 5.91 Å². The number of aromatic nitrogens is 1. The largest absolute Gasteiger partial charge is 0.356 e. The van der Waals surface area contributed by atoms with Gasteiger partial charge < -0.3 is 9.88 Å². The zero-order valence-electron chi connectivity index (χ0n) is 6.79. The van der Waals surface area contributed by atoms with Gasteiger partial charge in [0.25, 0.3) is 5.91 Å². The van der Waals surface area contributed by atoms with Crippen LogP contribution >= 0.6 is 0 Å². The molecule has 1 amide bonds. The fourth-order valence-electron chi connectivity index (χ4n) is 0.900. The van der Waals surface area contributed by atoms with Crippen LogP contribution < -0.4 is 5.32 Å². The van der Waals surface area contributed by atoms with Crippen LogP contribution in [0.15, 0.2) is 18.5 Å². The first kappa shape index (κ1) is 7.85. The topological polar surface area (TPSA) is 34.0 Å². The Morgan fingerprint density at radius 3 is 2.91 bits per heavy atom. The SMILES string of the molecule is CCNC(=O)c1ccn(C)c1. The summed E-state index contributed by atoms with van der Waals surface area (Å²) in [5.74, 6) is -0.00639. The van der Waals surface area contributed by atoms with Gasteiger partial charge in [-0.1, -0.05) is 0 Å². The second-order valence-corrected chi connectivity index (χ2v) is 2.43. The fourth-order valence-corrected chi connectivity index (χ4v) is 0.900. The van der Waals surface area contributed by atoms with Gasteiger partial charge in [0.2, 0.25) is 0 Å². The maximum atomic E-state index is 11.1. The molecule has 0 bridgehead atoms. The lowest BCUT2D eigenvalue weighted by atomic mass is 10.3. The normalized spacial score (nSPS) is 9.64. The summed E-state index contributed by atoms with van der Waals surface area (Å²) < 4.78 is 1.85. The van der Waals surface area contributed by atoms with Gasteiger partial charge in [0.1, 0.15) is 0 Å². The van der Waals surface area contributed by atoms with Crippen molar-refractivity contribution in [3.8, 4) is 0 Å². The number of amides is 1. The number of hydrogen-bond acceptors (Lipinski definition) is 1. The fraction of sp³-hybridized carbons (Fsp3) is 0.375. The van der Waals surface area contributed by atoms with Crippen LogP contribution in [0.5, 0.6) is 0 Å². The van der Waals surface area contributed by atoms with E-state index in [1.54, 1.807) is 12.3 Å². The van der Waals surface area contributed by atoms with E-state index < -0.39 is 0 Å². The Hall–Kier alpha value is -1.25. The Morgan fingerprint density at radius 2 is 2.45 bits per heavy atom. The number of hydrogen-bond donors (Lipinski definition) is 1. The summed E-state index contributed by atoms with van der Waals surface area (Å²) >= 11 is 0. The average molecular weight is 152 g/mol. The minimum absolute atomic E-state index is 0.00639. The highest BCUT2D eigenvalue weighted by Gasteiger charge is 2.03. The molecule has 11 heavy (non-hydrogen) atoms. The van der Waals surface area contributed by atoms with Gasteiger partial charge in [0.05, 0.1) is 5.56 Å². The van der Waals surface area contributed by atoms with Crippen LogP contribution in [0.1, 0.15) is 17.3 Å². The van der Waals surface area contributed by atoms with E-state index in [0.717, 1.165) is 0 Å². The molecule has 0 fully saturated rings. The second-order valence-electron chi connectivity index (χ2n) is 2.43. The summed E-state index contributed by atoms with van der Waals surface area (Å²) in [6.45, 7) is 2.58. The molecule has 0 saturated heterocycles. The van der Waals surface area contributed by atoms with Crippen molar-refractivity contribution in [2.75, 3.05) is 6.54 Å². The molecule has 0 spiro atoms. The predicted molar refractivity (Wildman–Crippen MR) is 43.4 cm³/mol. The van der Waals surface area contributed by atoms with Crippen molar-refractivity contribution in [2.45, 2.75) is 6.92 Å². The molecule has 0 aliphatic rings. The van der Waals surface area contributed by atoms with Crippen molar-refractivity contribution in [2.24, 2.45) is 7.05 Å². The minimum Gasteiger partial charge on any atom is -0.356 e. The summed E-state index contributed by atoms with van der Waals surface area (Å²) in [5, 5.41) is 2.72. The van der Waals surface area contributed by atoms with Gasteiger partial charge in [-0.05, 0) is 13.0 Å². The van der Waals surface area contributed by atoms with Crippen LogP contribution in [-0.2, 0) is 7.05 Å². The van der Waals surface area contributed by atoms with Gasteiger partial charge in [-0.2, -0.15) is 0 Å². The first-order valence-corrected chi connectivity index (χ1v) is 3.64. The highest BCUT2D eigenvalue weighted by atomic mass is 16.1. The molecule has 0 aliphatic carbocycles. The quantitative estimate of drug-likeness (QED) is 0.667. The lowest BCUT2D eigenvalue weighted by molar-refractivity contribution is 0.0956. The molecule has 0 unspecified atom stereocenters. The van der Waals surface area contributed by atoms with E-state index >= 15 is 0 Å². The molecule has 0 atom stereocenters. The monoisotopic (exact) mass is 152 g/mol. The van der Waals surface area contributed by atoms with Gasteiger partial charge in [-0.3, -0.25) is 4.79 Å². The summed E-state index contributed by atoms with van der Waals surface area (Å²) in [6, 6.07) is 1.80. The minimum atomic E-state index is -0.00639. The van der Waals surface area contributed by atoms with E-state index in [0.29, 0.717) is 12.1 Å². The molecule has 0 radical (unpaired) electrons. The Kier molecular flexibility index (Phi) is 2.31. The standard InChI is InChI=1S/C8H12N2O/c1-3-9-8(11)7-4-5-10(2)6-7/h4-6H,3H2,1-2H3,(H,9,11). The van der Waals surface area contributed by atoms with Crippen molar-refractivity contribution in [3.63, 3.8) is 0 Å². The van der Waals surface area contributed by atoms with E-state index in [9.17, 15) is 4.79 Å². The molecule has 1 N–H and O–H groups in total. The molecule has 1 aromatic rings. The highest BCUT2D eigenvalue weighted by molar-refractivity contribution is 5.93. The lowest BCUT2D eigenvalue weighted by Gasteiger charge is -1.96. The molecule has 1 rings (SSSR count). The Bertz CT molecular complexity index is 252. The van der Waals surface area contributed by atoms with Crippen molar-refractivity contribution in [1.29, 1.82) is 0 Å². The van der Waals surface area contributed by atoms with Crippen molar-refractivity contribution < 1.29 is 4.79 Å². The molecule has 0 aliphatic heterocycles. The van der Waals surface area contributed by atoms with Crippen LogP contribution in [0.25, 0.3) is 0 Å². The highest BCUT2D eigenvalue weighted by Crippen LogP contribution is 1.98. The lowest BCUT2D eigenvalue weighted by Crippen LogP contribution is -2.21. The Morgan fingerprint density at radius 1 is 1.73 bits per heavy atom. The second kappa shape index (κ2) is 3.23. The summed E-state index contributed by atoms with van der Waals surface area (Å²) in [4.78, 5) is 11.1. The number of nitrogens with one attached hydrogen (secondary N) is 1. The van der Waals surface area contributed by atoms with E-state index in [4.69, 9.17) is 0 Å². The van der Waals surface area contributed by atoms with Gasteiger partial charge in [-0.15, -0.1) is 0 Å². The number of rotatable bonds is 2. The van der Waals surface area contributed by atoms with Crippen molar-refractivity contribution in [3.05, 3.63) is 24.0 Å². The molecule has 3 heteroatoms. The first-order chi connectivity index (χ1) is 5.24. The van der Waals surface area contributed by atoms with Gasteiger partial charge in [0.15, 0.2) is 0 Å². The third-order valence-electron chi connectivity index (χ3n) is 1.43. The molecular weight excluding hydrogens is 140 g/mol. The third-order valence-corrected chi connectivity index (χ3v) is 1.43. The average Bonchev–Trinajstić information content (AvgIpc) is 2.36. The van der Waals surface area contributed by atoms with Gasteiger partial charge >= 0.3 is 0 Å². The van der Waals surface area contributed by atoms with Gasteiger partial charge in [0, 0.05) is 26.0 Å². The molecule has 3 nitrogen and oxygen atoms in total. The van der Waals surface area contributed by atoms with Gasteiger partial charge in [-0.25, -0.2) is 0 Å². The number of nitrogens with zero attached hydrogens (tertiary/aromatic N) is 1. The maximum absolute atomic E-state index is 11.1. The predicted octanol–water partition coefficient (Wildman–Crippen LogP) is 0.775. The van der Waals surface area contributed by atoms with E-state index in [1.807, 2.05) is 24.7 Å². The zero-order chi connectivity index (χ0) is 8.27. The van der Waals surface area contributed by atoms with Crippen LogP contribution in [0.3, 0.4) is 0 Å². The molecule has 60 valence electrons. The molecule has 0 saturated carbocycles. The zero-order valence-corrected chi connectivity index (χ0v) is 6.79. The van der Waals surface area contributed by atoms with Crippen LogP contribution in [0.4, 0.5) is 0 Å². The van der Waals surface area contributed by atoms with E-state index in [2.05, 4.69) is 5.32 Å². The van der Waals surface area contributed by atoms with Crippen molar-refractivity contribution in [1.82, 2.24) is 9.88 Å². The summed E-state index contributed by atoms with van der Waals surface area (Å²) in [5.41, 5.74) is 0.717. The van der Waals surface area contributed by atoms with Crippen LogP contribution in [0, 0.1) is 0 Å². The van der Waals surface area contributed by atoms with Crippen molar-refractivity contribution >= 4 is 5.91 Å². The molecule has 1 aromatic heterocycles. The Labute approximate surface area is 66.0 Å². The summed E-state index contributed by atoms with van der Waals surface area (Å²) in [7, 11) is 1.89. The molecule has 0 aromatic carbocycles. The summed E-state index contributed by atoms with van der Waals surface area (Å²) in [6.07, 6.45) is 3.65. The van der Waals surface area contributed by atoms with Crippen LogP contribution in [-0.4, -0.2) is 17.0 Å². The Balaban J connectivity index is 2.69. The number of carbonyl (C=O) groups excluding carboxylic acids is 1. The molecular formula is C8H12N2O. The maximum Gasteiger partial charge on any atom is 0.252 e. The van der Waals surface area contributed by atoms with E-state index in [1.165, 1.54) is 0 Å². The molecule has 1 heterocycles. The first-order valence-electron chi connectivity index (χ1n) is 3.64. The number of carbonyl (C=O) groups is 1. The third kappa shape index (κ3) is 1.83.